The molecule has 2 aliphatic heterocycles. The molecule has 51 heavy (non-hydrogen) atoms. The maximum Gasteiger partial charge on any atom is 0.319 e. The van der Waals surface area contributed by atoms with Crippen molar-refractivity contribution >= 4 is 27.5 Å². The minimum atomic E-state index is -0.645. The van der Waals surface area contributed by atoms with E-state index < -0.39 is 5.82 Å². The average Bonchev–Trinajstić information content (AvgIpc) is 3.60. The largest absolute Gasteiger partial charge is 0.463 e. The molecule has 3 atom stereocenters. The Labute approximate surface area is 299 Å². The van der Waals surface area contributed by atoms with Gasteiger partial charge in [0.25, 0.3) is 0 Å². The van der Waals surface area contributed by atoms with Crippen molar-refractivity contribution in [1.29, 1.82) is 0 Å². The van der Waals surface area contributed by atoms with E-state index in [0.717, 1.165) is 70.1 Å². The Morgan fingerprint density at radius 3 is 2.69 bits per heavy atom. The number of ether oxygens (including phenoxy) is 3. The van der Waals surface area contributed by atoms with E-state index in [1.54, 1.807) is 23.2 Å². The Bertz CT molecular complexity index is 1840. The number of aliphatic hydroxyl groups is 1. The maximum absolute atomic E-state index is 17.0. The molecule has 1 aliphatic carbocycles. The van der Waals surface area contributed by atoms with Gasteiger partial charge in [0, 0.05) is 55.6 Å². The summed E-state index contributed by atoms with van der Waals surface area (Å²) in [5.74, 6) is -0.0262. The van der Waals surface area contributed by atoms with Gasteiger partial charge in [-0.05, 0) is 93.7 Å². The Morgan fingerprint density at radius 2 is 1.90 bits per heavy atom. The molecule has 1 N–H and O–H groups in total. The number of nitrogens with zero attached hydrogens (tertiary/aromatic N) is 5. The molecule has 1 saturated carbocycles. The number of pyridine rings is 1. The minimum absolute atomic E-state index is 0.0418. The highest BCUT2D eigenvalue weighted by Gasteiger charge is 2.50. The molecule has 0 amide bonds. The van der Waals surface area contributed by atoms with Crippen LogP contribution in [0.5, 0.6) is 6.01 Å². The second-order valence-corrected chi connectivity index (χ2v) is 14.5. The highest BCUT2D eigenvalue weighted by molar-refractivity contribution is 6.00. The van der Waals surface area contributed by atoms with E-state index in [4.69, 9.17) is 24.2 Å². The number of aromatic nitrogens is 3. The molecular weight excluding hydrogens is 652 g/mol. The summed E-state index contributed by atoms with van der Waals surface area (Å²) in [6, 6.07) is 9.60. The molecule has 2 aromatic carbocycles. The highest BCUT2D eigenvalue weighted by Crippen LogP contribution is 2.49. The predicted octanol–water partition coefficient (Wildman–Crippen LogP) is 7.31. The molecule has 7 rings (SSSR count). The van der Waals surface area contributed by atoms with Crippen LogP contribution in [0.25, 0.3) is 32.9 Å². The predicted molar refractivity (Wildman–Crippen MR) is 195 cm³/mol. The van der Waals surface area contributed by atoms with Crippen LogP contribution in [0.4, 0.5) is 14.6 Å². The van der Waals surface area contributed by atoms with E-state index in [-0.39, 0.29) is 35.2 Å². The van der Waals surface area contributed by atoms with E-state index in [0.29, 0.717) is 78.5 Å². The number of rotatable bonds is 13. The van der Waals surface area contributed by atoms with Crippen LogP contribution < -0.4 is 9.64 Å². The highest BCUT2D eigenvalue weighted by atomic mass is 19.1. The number of hydrogen-bond donors (Lipinski definition) is 1. The molecule has 3 fully saturated rings. The molecule has 0 radical (unpaired) electrons. The van der Waals surface area contributed by atoms with Gasteiger partial charge in [-0.2, -0.15) is 9.97 Å². The summed E-state index contributed by atoms with van der Waals surface area (Å²) in [6.07, 6.45) is 9.68. The van der Waals surface area contributed by atoms with Crippen molar-refractivity contribution in [3.05, 3.63) is 53.7 Å². The summed E-state index contributed by atoms with van der Waals surface area (Å²) in [4.78, 5) is 18.5. The summed E-state index contributed by atoms with van der Waals surface area (Å²) in [6.45, 7) is 10.2. The fraction of sp³-hybridized carbons (Fsp3) is 0.575. The third kappa shape index (κ3) is 6.90. The monoisotopic (exact) mass is 703 g/mol. The lowest BCUT2D eigenvalue weighted by molar-refractivity contribution is -0.0471. The number of aliphatic hydroxyl groups excluding tert-OH is 1. The van der Waals surface area contributed by atoms with Crippen LogP contribution in [0, 0.1) is 23.0 Å². The van der Waals surface area contributed by atoms with Crippen molar-refractivity contribution in [2.45, 2.75) is 84.2 Å². The first kappa shape index (κ1) is 35.9. The lowest BCUT2D eigenvalue weighted by atomic mass is 9.74. The smallest absolute Gasteiger partial charge is 0.319 e. The van der Waals surface area contributed by atoms with Crippen LogP contribution in [-0.2, 0) is 15.9 Å². The van der Waals surface area contributed by atoms with Crippen LogP contribution in [0.1, 0.15) is 71.3 Å². The van der Waals surface area contributed by atoms with Crippen LogP contribution in [0.3, 0.4) is 0 Å². The maximum atomic E-state index is 17.0. The first-order chi connectivity index (χ1) is 24.9. The Balaban J connectivity index is 1.27. The van der Waals surface area contributed by atoms with Crippen molar-refractivity contribution in [3.63, 3.8) is 0 Å². The Hall–Kier alpha value is -3.51. The van der Waals surface area contributed by atoms with E-state index in [1.807, 2.05) is 26.0 Å². The van der Waals surface area contributed by atoms with E-state index in [9.17, 15) is 5.11 Å². The number of hydrogen-bond acceptors (Lipinski definition) is 9. The van der Waals surface area contributed by atoms with Gasteiger partial charge in [-0.15, -0.1) is 0 Å². The van der Waals surface area contributed by atoms with E-state index in [1.165, 1.54) is 6.07 Å². The first-order valence-electron chi connectivity index (χ1n) is 18.9. The molecular formula is C40H51F2N5O4. The third-order valence-corrected chi connectivity index (χ3v) is 11.8. The Kier molecular flexibility index (Phi) is 11.0. The average molecular weight is 704 g/mol. The minimum Gasteiger partial charge on any atom is -0.463 e. The second kappa shape index (κ2) is 15.6. The standard InChI is InChI=1S/C40H51F2N5O4/c1-4-29-32(41)13-12-28-9-6-10-30(34(28)29)36-35(42)37-31(23-43-36)38(46(25-48)19-22-49-5-2)45-39(44-37)51-24-40-16-7-11-33(40)47(18-8-17-40)26(3)27-14-20-50-21-15-27/h6,9-10,12-13,23,26-27,33,48H,4-5,7-8,11,14-22,24-25H2,1-3H3. The summed E-state index contributed by atoms with van der Waals surface area (Å²) in [7, 11) is 0. The molecule has 9 nitrogen and oxygen atoms in total. The second-order valence-electron chi connectivity index (χ2n) is 14.5. The molecule has 3 aliphatic rings. The molecule has 2 aromatic heterocycles. The summed E-state index contributed by atoms with van der Waals surface area (Å²) in [5, 5.41) is 12.3. The molecule has 2 saturated heterocycles. The number of likely N-dealkylation sites (tertiary alicyclic amines) is 1. The molecule has 3 unspecified atom stereocenters. The van der Waals surface area contributed by atoms with Gasteiger partial charge in [-0.1, -0.05) is 37.6 Å². The number of aryl methyl sites for hydroxylation is 1. The topological polar surface area (TPSA) is 93.1 Å². The van der Waals surface area contributed by atoms with Crippen LogP contribution in [0.15, 0.2) is 36.5 Å². The van der Waals surface area contributed by atoms with Gasteiger partial charge in [0.2, 0.25) is 0 Å². The van der Waals surface area contributed by atoms with Crippen LogP contribution in [-0.4, -0.2) is 89.9 Å². The van der Waals surface area contributed by atoms with Crippen LogP contribution >= 0.6 is 0 Å². The van der Waals surface area contributed by atoms with Gasteiger partial charge in [0.1, 0.15) is 29.6 Å². The summed E-state index contributed by atoms with van der Waals surface area (Å²) < 4.78 is 49.8. The van der Waals surface area contributed by atoms with Crippen molar-refractivity contribution in [2.24, 2.45) is 11.3 Å². The molecule has 4 aromatic rings. The molecule has 4 heterocycles. The van der Waals surface area contributed by atoms with E-state index >= 15 is 8.78 Å². The van der Waals surface area contributed by atoms with Crippen molar-refractivity contribution in [2.75, 3.05) is 57.8 Å². The van der Waals surface area contributed by atoms with Crippen LogP contribution in [0.2, 0.25) is 0 Å². The fourth-order valence-corrected chi connectivity index (χ4v) is 9.15. The fourth-order valence-electron chi connectivity index (χ4n) is 9.15. The van der Waals surface area contributed by atoms with E-state index in [2.05, 4.69) is 16.8 Å². The SMILES string of the molecule is CCOCCN(CO)c1nc(OCC23CCCC2N(C(C)C2CCOCC2)CCC3)nc2c(F)c(-c3cccc4ccc(F)c(CC)c34)ncc12. The molecule has 0 bridgehead atoms. The summed E-state index contributed by atoms with van der Waals surface area (Å²) in [5.41, 5.74) is 1.08. The zero-order valence-electron chi connectivity index (χ0n) is 30.2. The summed E-state index contributed by atoms with van der Waals surface area (Å²) >= 11 is 0. The zero-order chi connectivity index (χ0) is 35.5. The van der Waals surface area contributed by atoms with Gasteiger partial charge in [-0.3, -0.25) is 9.88 Å². The Morgan fingerprint density at radius 1 is 1.08 bits per heavy atom. The molecule has 274 valence electrons. The number of piperidine rings is 1. The van der Waals surface area contributed by atoms with Gasteiger partial charge in [-0.25, -0.2) is 8.78 Å². The molecule has 0 spiro atoms. The van der Waals surface area contributed by atoms with Crippen molar-refractivity contribution in [3.8, 4) is 17.3 Å². The lowest BCUT2D eigenvalue weighted by Gasteiger charge is -2.50. The van der Waals surface area contributed by atoms with Gasteiger partial charge in [0.15, 0.2) is 5.82 Å². The normalized spacial score (nSPS) is 22.0. The van der Waals surface area contributed by atoms with Gasteiger partial charge in [0.05, 0.1) is 18.6 Å². The number of fused-ring (bicyclic) bond motifs is 3. The number of halogens is 2. The van der Waals surface area contributed by atoms with Crippen molar-refractivity contribution < 1.29 is 28.1 Å². The first-order valence-corrected chi connectivity index (χ1v) is 18.9. The van der Waals surface area contributed by atoms with Gasteiger partial charge >= 0.3 is 6.01 Å². The number of benzene rings is 2. The zero-order valence-corrected chi connectivity index (χ0v) is 30.2. The lowest BCUT2D eigenvalue weighted by Crippen LogP contribution is -2.56. The molecule has 11 heteroatoms. The quantitative estimate of drug-likeness (QED) is 0.114. The van der Waals surface area contributed by atoms with Crippen molar-refractivity contribution in [1.82, 2.24) is 19.9 Å². The number of anilines is 1. The van der Waals surface area contributed by atoms with Gasteiger partial charge < -0.3 is 24.2 Å². The third-order valence-electron chi connectivity index (χ3n) is 11.8.